The van der Waals surface area contributed by atoms with E-state index >= 15 is 0 Å². The second kappa shape index (κ2) is 8.15. The number of hydrogen-bond donors (Lipinski definition) is 2. The van der Waals surface area contributed by atoms with Crippen molar-refractivity contribution in [2.75, 3.05) is 5.32 Å². The van der Waals surface area contributed by atoms with Crippen molar-refractivity contribution in [3.05, 3.63) is 59.7 Å². The molecule has 2 aromatic carbocycles. The van der Waals surface area contributed by atoms with Crippen LogP contribution in [0, 0.1) is 6.92 Å². The summed E-state index contributed by atoms with van der Waals surface area (Å²) in [4.78, 5) is 23.9. The van der Waals surface area contributed by atoms with Gasteiger partial charge in [0.1, 0.15) is 5.75 Å². The minimum atomic E-state index is -0.692. The first-order valence-corrected chi connectivity index (χ1v) is 7.86. The fourth-order valence-electron chi connectivity index (χ4n) is 2.19. The predicted octanol–water partition coefficient (Wildman–Crippen LogP) is 3.04. The average Bonchev–Trinajstić information content (AvgIpc) is 2.53. The Labute approximate surface area is 142 Å². The number of nitrogens with one attached hydrogen (secondary N) is 2. The van der Waals surface area contributed by atoms with Gasteiger partial charge in [0, 0.05) is 17.8 Å². The van der Waals surface area contributed by atoms with Crippen LogP contribution in [0.4, 0.5) is 5.69 Å². The summed E-state index contributed by atoms with van der Waals surface area (Å²) in [7, 11) is 0. The maximum atomic E-state index is 12.0. The van der Waals surface area contributed by atoms with E-state index < -0.39 is 11.8 Å². The summed E-state index contributed by atoms with van der Waals surface area (Å²) in [6.45, 7) is 6.01. The number of para-hydroxylation sites is 1. The van der Waals surface area contributed by atoms with Crippen molar-refractivity contribution in [3.8, 4) is 5.75 Å². The monoisotopic (exact) mass is 326 g/mol. The summed E-state index contributed by atoms with van der Waals surface area (Å²) < 4.78 is 5.70. The third-order valence-corrected chi connectivity index (χ3v) is 3.26. The highest BCUT2D eigenvalue weighted by Crippen LogP contribution is 2.19. The van der Waals surface area contributed by atoms with Crippen LogP contribution in [0.1, 0.15) is 25.0 Å². The number of rotatable bonds is 5. The molecule has 24 heavy (non-hydrogen) atoms. The second-order valence-electron chi connectivity index (χ2n) is 5.78. The standard InChI is InChI=1S/C19H22N2O3/c1-13(2)24-17-10-5-4-8-15(17)12-20-18(22)19(23)21-16-9-6-7-14(3)11-16/h4-11,13H,12H2,1-3H3,(H,20,22)(H,21,23). The van der Waals surface area contributed by atoms with Crippen LogP contribution in [0.5, 0.6) is 5.75 Å². The molecule has 0 saturated heterocycles. The van der Waals surface area contributed by atoms with Crippen LogP contribution >= 0.6 is 0 Å². The molecule has 0 saturated carbocycles. The van der Waals surface area contributed by atoms with Gasteiger partial charge in [-0.05, 0) is 44.5 Å². The second-order valence-corrected chi connectivity index (χ2v) is 5.78. The highest BCUT2D eigenvalue weighted by Gasteiger charge is 2.14. The van der Waals surface area contributed by atoms with Crippen LogP contribution < -0.4 is 15.4 Å². The minimum Gasteiger partial charge on any atom is -0.491 e. The summed E-state index contributed by atoms with van der Waals surface area (Å²) in [5, 5.41) is 5.20. The van der Waals surface area contributed by atoms with Gasteiger partial charge in [-0.2, -0.15) is 0 Å². The first kappa shape index (κ1) is 17.5. The molecule has 126 valence electrons. The largest absolute Gasteiger partial charge is 0.491 e. The molecule has 0 aliphatic carbocycles. The van der Waals surface area contributed by atoms with Gasteiger partial charge in [-0.3, -0.25) is 9.59 Å². The van der Waals surface area contributed by atoms with Crippen molar-refractivity contribution in [2.24, 2.45) is 0 Å². The molecule has 0 heterocycles. The number of carbonyl (C=O) groups excluding carboxylic acids is 2. The average molecular weight is 326 g/mol. The van der Waals surface area contributed by atoms with Gasteiger partial charge in [-0.15, -0.1) is 0 Å². The molecule has 0 aliphatic rings. The van der Waals surface area contributed by atoms with Crippen LogP contribution in [0.25, 0.3) is 0 Å². The van der Waals surface area contributed by atoms with Gasteiger partial charge < -0.3 is 15.4 Å². The normalized spacial score (nSPS) is 10.3. The summed E-state index contributed by atoms with van der Waals surface area (Å²) in [5.41, 5.74) is 2.43. The van der Waals surface area contributed by atoms with Crippen LogP contribution in [0.2, 0.25) is 0 Å². The lowest BCUT2D eigenvalue weighted by molar-refractivity contribution is -0.136. The minimum absolute atomic E-state index is 0.0338. The zero-order chi connectivity index (χ0) is 17.5. The van der Waals surface area contributed by atoms with Crippen molar-refractivity contribution in [3.63, 3.8) is 0 Å². The van der Waals surface area contributed by atoms with Crippen molar-refractivity contribution in [1.82, 2.24) is 5.32 Å². The molecule has 0 radical (unpaired) electrons. The predicted molar refractivity (Wildman–Crippen MR) is 93.9 cm³/mol. The van der Waals surface area contributed by atoms with E-state index in [1.807, 2.05) is 57.2 Å². The Kier molecular flexibility index (Phi) is 5.95. The maximum absolute atomic E-state index is 12.0. The molecule has 2 amide bonds. The van der Waals surface area contributed by atoms with E-state index in [1.165, 1.54) is 0 Å². The van der Waals surface area contributed by atoms with Gasteiger partial charge in [0.15, 0.2) is 0 Å². The summed E-state index contributed by atoms with van der Waals surface area (Å²) in [6, 6.07) is 14.7. The van der Waals surface area contributed by atoms with Crippen molar-refractivity contribution < 1.29 is 14.3 Å². The van der Waals surface area contributed by atoms with Gasteiger partial charge in [0.05, 0.1) is 6.10 Å². The van der Waals surface area contributed by atoms with Gasteiger partial charge >= 0.3 is 11.8 Å². The molecule has 0 atom stereocenters. The molecule has 0 spiro atoms. The first-order valence-electron chi connectivity index (χ1n) is 7.86. The van der Waals surface area contributed by atoms with Crippen LogP contribution in [0.3, 0.4) is 0 Å². The Morgan fingerprint density at radius 2 is 1.79 bits per heavy atom. The summed E-state index contributed by atoms with van der Waals surface area (Å²) >= 11 is 0. The van der Waals surface area contributed by atoms with E-state index in [1.54, 1.807) is 12.1 Å². The number of benzene rings is 2. The molecule has 5 nitrogen and oxygen atoms in total. The van der Waals surface area contributed by atoms with E-state index in [0.29, 0.717) is 11.4 Å². The third kappa shape index (κ3) is 5.12. The van der Waals surface area contributed by atoms with E-state index in [0.717, 1.165) is 11.1 Å². The molecular formula is C19H22N2O3. The summed E-state index contributed by atoms with van der Waals surface area (Å²) in [6.07, 6.45) is 0.0338. The van der Waals surface area contributed by atoms with E-state index in [9.17, 15) is 9.59 Å². The first-order chi connectivity index (χ1) is 11.5. The topological polar surface area (TPSA) is 67.4 Å². The molecule has 0 unspecified atom stereocenters. The molecule has 5 heteroatoms. The number of aryl methyl sites for hydroxylation is 1. The lowest BCUT2D eigenvalue weighted by atomic mass is 10.2. The quantitative estimate of drug-likeness (QED) is 0.830. The number of anilines is 1. The Balaban J connectivity index is 1.94. The fraction of sp³-hybridized carbons (Fsp3) is 0.263. The zero-order valence-electron chi connectivity index (χ0n) is 14.1. The Morgan fingerprint density at radius 3 is 2.50 bits per heavy atom. The van der Waals surface area contributed by atoms with Crippen LogP contribution in [-0.2, 0) is 16.1 Å². The Hall–Kier alpha value is -2.82. The highest BCUT2D eigenvalue weighted by atomic mass is 16.5. The number of carbonyl (C=O) groups is 2. The fourth-order valence-corrected chi connectivity index (χ4v) is 2.19. The molecule has 0 fully saturated rings. The molecule has 2 N–H and O–H groups in total. The lowest BCUT2D eigenvalue weighted by Gasteiger charge is -2.14. The zero-order valence-corrected chi connectivity index (χ0v) is 14.1. The van der Waals surface area contributed by atoms with Crippen LogP contribution in [-0.4, -0.2) is 17.9 Å². The number of ether oxygens (including phenoxy) is 1. The molecule has 2 rings (SSSR count). The lowest BCUT2D eigenvalue weighted by Crippen LogP contribution is -2.35. The Bertz CT molecular complexity index is 726. The Morgan fingerprint density at radius 1 is 1.04 bits per heavy atom. The van der Waals surface area contributed by atoms with Gasteiger partial charge in [0.25, 0.3) is 0 Å². The van der Waals surface area contributed by atoms with E-state index in [-0.39, 0.29) is 12.6 Å². The van der Waals surface area contributed by atoms with Crippen molar-refractivity contribution in [1.29, 1.82) is 0 Å². The van der Waals surface area contributed by atoms with Crippen molar-refractivity contribution >= 4 is 17.5 Å². The van der Waals surface area contributed by atoms with Crippen LogP contribution in [0.15, 0.2) is 48.5 Å². The molecule has 2 aromatic rings. The molecule has 0 aromatic heterocycles. The van der Waals surface area contributed by atoms with E-state index in [4.69, 9.17) is 4.74 Å². The number of hydrogen-bond acceptors (Lipinski definition) is 3. The van der Waals surface area contributed by atoms with Gasteiger partial charge in [0.2, 0.25) is 0 Å². The maximum Gasteiger partial charge on any atom is 0.313 e. The molecule has 0 aliphatic heterocycles. The van der Waals surface area contributed by atoms with E-state index in [2.05, 4.69) is 10.6 Å². The smallest absolute Gasteiger partial charge is 0.313 e. The van der Waals surface area contributed by atoms with Gasteiger partial charge in [-0.1, -0.05) is 30.3 Å². The highest BCUT2D eigenvalue weighted by molar-refractivity contribution is 6.39. The molecule has 0 bridgehead atoms. The molecular weight excluding hydrogens is 304 g/mol. The third-order valence-electron chi connectivity index (χ3n) is 3.26. The SMILES string of the molecule is Cc1cccc(NC(=O)C(=O)NCc2ccccc2OC(C)C)c1. The summed E-state index contributed by atoms with van der Waals surface area (Å²) in [5.74, 6) is -0.675. The van der Waals surface area contributed by atoms with Crippen molar-refractivity contribution in [2.45, 2.75) is 33.4 Å². The van der Waals surface area contributed by atoms with Gasteiger partial charge in [-0.25, -0.2) is 0 Å². The number of amides is 2.